The van der Waals surface area contributed by atoms with Gasteiger partial charge in [-0.2, -0.15) is 0 Å². The summed E-state index contributed by atoms with van der Waals surface area (Å²) in [6, 6.07) is 4.20. The Morgan fingerprint density at radius 3 is 2.52 bits per heavy atom. The van der Waals surface area contributed by atoms with Gasteiger partial charge in [-0.3, -0.25) is 0 Å². The third-order valence-corrected chi connectivity index (χ3v) is 4.26. The van der Waals surface area contributed by atoms with E-state index in [-0.39, 0.29) is 29.9 Å². The minimum atomic E-state index is -3.59. The Kier molecular flexibility index (Phi) is 7.87. The van der Waals surface area contributed by atoms with Crippen LogP contribution in [0.15, 0.2) is 23.1 Å². The molecule has 0 fully saturated rings. The van der Waals surface area contributed by atoms with E-state index in [2.05, 4.69) is 9.46 Å². The zero-order valence-corrected chi connectivity index (χ0v) is 13.9. The highest BCUT2D eigenvalue weighted by molar-refractivity contribution is 7.89. The normalized spacial score (nSPS) is 12.4. The highest BCUT2D eigenvalue weighted by atomic mass is 35.5. The maximum Gasteiger partial charge on any atom is 0.338 e. The molecular formula is C13H21ClN2O4S. The molecule has 3 N–H and O–H groups in total. The number of hydrogen-bond acceptors (Lipinski definition) is 5. The fourth-order valence-corrected chi connectivity index (χ4v) is 2.78. The second-order valence-corrected chi connectivity index (χ2v) is 6.40. The topological polar surface area (TPSA) is 98.5 Å². The van der Waals surface area contributed by atoms with E-state index in [0.717, 1.165) is 0 Å². The van der Waals surface area contributed by atoms with Crippen molar-refractivity contribution < 1.29 is 17.9 Å². The van der Waals surface area contributed by atoms with Crippen molar-refractivity contribution in [2.24, 2.45) is 5.73 Å². The number of sulfonamides is 1. The minimum Gasteiger partial charge on any atom is -0.465 e. The van der Waals surface area contributed by atoms with E-state index in [1.165, 1.54) is 25.3 Å². The number of esters is 1. The number of rotatable bonds is 6. The summed E-state index contributed by atoms with van der Waals surface area (Å²) >= 11 is 0. The van der Waals surface area contributed by atoms with Crippen molar-refractivity contribution in [1.29, 1.82) is 0 Å². The van der Waals surface area contributed by atoms with Crippen molar-refractivity contribution in [3.05, 3.63) is 29.3 Å². The number of methoxy groups -OCH3 is 1. The predicted molar refractivity (Wildman–Crippen MR) is 83.2 cm³/mol. The maximum atomic E-state index is 12.0. The van der Waals surface area contributed by atoms with Gasteiger partial charge in [0.25, 0.3) is 0 Å². The summed E-state index contributed by atoms with van der Waals surface area (Å²) in [6.45, 7) is 3.74. The molecule has 0 amide bonds. The summed E-state index contributed by atoms with van der Waals surface area (Å²) < 4.78 is 31.2. The Balaban J connectivity index is 0.00000400. The summed E-state index contributed by atoms with van der Waals surface area (Å²) in [4.78, 5) is 11.6. The van der Waals surface area contributed by atoms with Crippen LogP contribution < -0.4 is 10.5 Å². The summed E-state index contributed by atoms with van der Waals surface area (Å²) in [5, 5.41) is 0. The van der Waals surface area contributed by atoms with Gasteiger partial charge < -0.3 is 10.5 Å². The lowest BCUT2D eigenvalue weighted by Crippen LogP contribution is -2.29. The molecule has 0 aliphatic heterocycles. The van der Waals surface area contributed by atoms with Crippen LogP contribution >= 0.6 is 12.4 Å². The van der Waals surface area contributed by atoms with Gasteiger partial charge in [-0.1, -0.05) is 0 Å². The lowest BCUT2D eigenvalue weighted by Gasteiger charge is -2.10. The second-order valence-electron chi connectivity index (χ2n) is 4.63. The number of nitrogens with one attached hydrogen (secondary N) is 1. The largest absolute Gasteiger partial charge is 0.465 e. The first-order valence-corrected chi connectivity index (χ1v) is 7.70. The Bertz CT molecular complexity index is 588. The smallest absolute Gasteiger partial charge is 0.338 e. The Morgan fingerprint density at radius 2 is 2.05 bits per heavy atom. The third-order valence-electron chi connectivity index (χ3n) is 2.81. The van der Waals surface area contributed by atoms with Gasteiger partial charge in [-0.25, -0.2) is 17.9 Å². The van der Waals surface area contributed by atoms with Crippen LogP contribution in [0.5, 0.6) is 0 Å². The molecule has 0 heterocycles. The zero-order valence-electron chi connectivity index (χ0n) is 12.3. The van der Waals surface area contributed by atoms with Crippen LogP contribution in [-0.2, 0) is 14.8 Å². The Hall–Kier alpha value is -1.15. The predicted octanol–water partition coefficient (Wildman–Crippen LogP) is 1.22. The van der Waals surface area contributed by atoms with Crippen LogP contribution in [0.25, 0.3) is 0 Å². The number of hydrogen-bond donors (Lipinski definition) is 2. The number of ether oxygens (including phenoxy) is 1. The fourth-order valence-electron chi connectivity index (χ4n) is 1.65. The van der Waals surface area contributed by atoms with Gasteiger partial charge in [-0.15, -0.1) is 12.4 Å². The monoisotopic (exact) mass is 336 g/mol. The molecule has 0 saturated heterocycles. The molecule has 21 heavy (non-hydrogen) atoms. The summed E-state index contributed by atoms with van der Waals surface area (Å²) in [7, 11) is -2.31. The van der Waals surface area contributed by atoms with Gasteiger partial charge in [0.05, 0.1) is 17.6 Å². The molecule has 6 nitrogen and oxygen atoms in total. The number of halogens is 1. The van der Waals surface area contributed by atoms with E-state index in [4.69, 9.17) is 5.73 Å². The zero-order chi connectivity index (χ0) is 15.3. The molecule has 0 aromatic heterocycles. The molecule has 8 heteroatoms. The average Bonchev–Trinajstić information content (AvgIpc) is 2.37. The van der Waals surface area contributed by atoms with E-state index < -0.39 is 16.0 Å². The Morgan fingerprint density at radius 1 is 1.43 bits per heavy atom. The van der Waals surface area contributed by atoms with E-state index in [1.807, 2.05) is 6.92 Å². The quantitative estimate of drug-likeness (QED) is 0.761. The van der Waals surface area contributed by atoms with Crippen LogP contribution in [0.4, 0.5) is 0 Å². The molecule has 0 bridgehead atoms. The highest BCUT2D eigenvalue weighted by Crippen LogP contribution is 2.16. The molecule has 0 aliphatic rings. The highest BCUT2D eigenvalue weighted by Gasteiger charge is 2.17. The molecular weight excluding hydrogens is 316 g/mol. The van der Waals surface area contributed by atoms with Crippen molar-refractivity contribution in [1.82, 2.24) is 4.72 Å². The summed E-state index contributed by atoms with van der Waals surface area (Å²) in [5.41, 5.74) is 6.46. The van der Waals surface area contributed by atoms with Gasteiger partial charge in [0, 0.05) is 12.6 Å². The molecule has 0 radical (unpaired) electrons. The number of benzene rings is 1. The van der Waals surface area contributed by atoms with Crippen LogP contribution in [-0.4, -0.2) is 34.1 Å². The summed E-state index contributed by atoms with van der Waals surface area (Å²) in [6.07, 6.45) is 0.554. The van der Waals surface area contributed by atoms with E-state index in [0.29, 0.717) is 17.5 Å². The first-order chi connectivity index (χ1) is 9.27. The molecule has 1 aromatic rings. The van der Waals surface area contributed by atoms with E-state index in [9.17, 15) is 13.2 Å². The molecule has 120 valence electrons. The first-order valence-electron chi connectivity index (χ1n) is 6.22. The van der Waals surface area contributed by atoms with Crippen molar-refractivity contribution in [3.8, 4) is 0 Å². The van der Waals surface area contributed by atoms with Crippen LogP contribution in [0.2, 0.25) is 0 Å². The fraction of sp³-hybridized carbons (Fsp3) is 0.462. The molecule has 0 spiro atoms. The van der Waals surface area contributed by atoms with Gasteiger partial charge in [-0.05, 0) is 44.0 Å². The lowest BCUT2D eigenvalue weighted by molar-refractivity contribution is 0.0600. The van der Waals surface area contributed by atoms with Gasteiger partial charge in [0.2, 0.25) is 10.0 Å². The SMILES string of the molecule is COC(=O)c1ccc(S(=O)(=O)NCCC(C)N)cc1C.Cl. The molecule has 1 aromatic carbocycles. The third kappa shape index (κ3) is 5.62. The number of aryl methyl sites for hydroxylation is 1. The van der Waals surface area contributed by atoms with Gasteiger partial charge >= 0.3 is 5.97 Å². The lowest BCUT2D eigenvalue weighted by atomic mass is 10.1. The minimum absolute atomic E-state index is 0. The van der Waals surface area contributed by atoms with Crippen LogP contribution in [0.1, 0.15) is 29.3 Å². The van der Waals surface area contributed by atoms with Crippen molar-refractivity contribution in [3.63, 3.8) is 0 Å². The standard InChI is InChI=1S/C13H20N2O4S.ClH/c1-9-8-11(4-5-12(9)13(16)19-3)20(17,18)15-7-6-10(2)14;/h4-5,8,10,15H,6-7,14H2,1-3H3;1H. The van der Waals surface area contributed by atoms with E-state index in [1.54, 1.807) is 6.92 Å². The second kappa shape index (κ2) is 8.33. The van der Waals surface area contributed by atoms with Crippen molar-refractivity contribution in [2.75, 3.05) is 13.7 Å². The molecule has 1 rings (SSSR count). The Labute approximate surface area is 131 Å². The van der Waals surface area contributed by atoms with Crippen LogP contribution in [0, 0.1) is 6.92 Å². The molecule has 0 aliphatic carbocycles. The van der Waals surface area contributed by atoms with Crippen LogP contribution in [0.3, 0.4) is 0 Å². The summed E-state index contributed by atoms with van der Waals surface area (Å²) in [5.74, 6) is -0.489. The molecule has 0 saturated carbocycles. The molecule has 1 unspecified atom stereocenters. The van der Waals surface area contributed by atoms with Gasteiger partial charge in [0.15, 0.2) is 0 Å². The molecule has 1 atom stereocenters. The number of carbonyl (C=O) groups is 1. The van der Waals surface area contributed by atoms with Crippen molar-refractivity contribution in [2.45, 2.75) is 31.2 Å². The maximum absolute atomic E-state index is 12.0. The van der Waals surface area contributed by atoms with E-state index >= 15 is 0 Å². The van der Waals surface area contributed by atoms with Crippen molar-refractivity contribution >= 4 is 28.4 Å². The number of nitrogens with two attached hydrogens (primary N) is 1. The first kappa shape index (κ1) is 19.9. The average molecular weight is 337 g/mol. The van der Waals surface area contributed by atoms with Gasteiger partial charge in [0.1, 0.15) is 0 Å². The number of carbonyl (C=O) groups excluding carboxylic acids is 1.